The number of nitrogens with one attached hydrogen (secondary N) is 1. The van der Waals surface area contributed by atoms with Crippen molar-refractivity contribution in [2.75, 3.05) is 6.61 Å². The van der Waals surface area contributed by atoms with E-state index in [0.29, 0.717) is 6.42 Å². The van der Waals surface area contributed by atoms with Crippen molar-refractivity contribution in [3.63, 3.8) is 0 Å². The van der Waals surface area contributed by atoms with Gasteiger partial charge in [-0.2, -0.15) is 0 Å². The molecule has 0 spiro atoms. The SMILES string of the molecule is O=C1CC[C@@H]2c3[nH]c4ccccc4c3C[C@@H](CO)N12. The number of H-pyrrole nitrogens is 1. The molecule has 2 atom stereocenters. The fourth-order valence-corrected chi connectivity index (χ4v) is 3.66. The first-order valence-corrected chi connectivity index (χ1v) is 6.81. The number of aromatic nitrogens is 1. The van der Waals surface area contributed by atoms with Gasteiger partial charge in [-0.25, -0.2) is 0 Å². The zero-order chi connectivity index (χ0) is 13.0. The van der Waals surface area contributed by atoms with Crippen LogP contribution in [0.3, 0.4) is 0 Å². The van der Waals surface area contributed by atoms with Crippen molar-refractivity contribution in [1.29, 1.82) is 0 Å². The monoisotopic (exact) mass is 256 g/mol. The van der Waals surface area contributed by atoms with Crippen molar-refractivity contribution in [3.8, 4) is 0 Å². The molecule has 2 N–H and O–H groups in total. The van der Waals surface area contributed by atoms with Crippen molar-refractivity contribution >= 4 is 16.8 Å². The molecule has 19 heavy (non-hydrogen) atoms. The normalized spacial score (nSPS) is 25.7. The first-order chi connectivity index (χ1) is 9.29. The van der Waals surface area contributed by atoms with Gasteiger partial charge in [0.15, 0.2) is 0 Å². The molecule has 98 valence electrons. The van der Waals surface area contributed by atoms with E-state index < -0.39 is 0 Å². The van der Waals surface area contributed by atoms with Crippen LogP contribution in [0.25, 0.3) is 10.9 Å². The van der Waals surface area contributed by atoms with Crippen LogP contribution < -0.4 is 0 Å². The third-order valence-electron chi connectivity index (χ3n) is 4.48. The summed E-state index contributed by atoms with van der Waals surface area (Å²) in [7, 11) is 0. The maximum Gasteiger partial charge on any atom is 0.223 e. The summed E-state index contributed by atoms with van der Waals surface area (Å²) in [4.78, 5) is 17.4. The summed E-state index contributed by atoms with van der Waals surface area (Å²) >= 11 is 0. The third-order valence-corrected chi connectivity index (χ3v) is 4.48. The lowest BCUT2D eigenvalue weighted by molar-refractivity contribution is -0.132. The van der Waals surface area contributed by atoms with E-state index in [1.807, 2.05) is 17.0 Å². The second-order valence-electron chi connectivity index (χ2n) is 5.46. The van der Waals surface area contributed by atoms with E-state index in [-0.39, 0.29) is 24.6 Å². The average Bonchev–Trinajstić information content (AvgIpc) is 2.99. The number of amides is 1. The second kappa shape index (κ2) is 3.84. The standard InChI is InChI=1S/C15H16N2O2/c18-8-9-7-11-10-3-1-2-4-12(10)16-15(11)13-5-6-14(19)17(9)13/h1-4,9,13,16,18H,5-8H2/t9-,13+/m0/s1. The van der Waals surface area contributed by atoms with Gasteiger partial charge in [-0.15, -0.1) is 0 Å². The summed E-state index contributed by atoms with van der Waals surface area (Å²) in [6.07, 6.45) is 2.20. The Balaban J connectivity index is 1.93. The summed E-state index contributed by atoms with van der Waals surface area (Å²) < 4.78 is 0. The molecule has 2 aliphatic rings. The molecule has 0 unspecified atom stereocenters. The van der Waals surface area contributed by atoms with Crippen LogP contribution in [0, 0.1) is 0 Å². The smallest absolute Gasteiger partial charge is 0.223 e. The van der Waals surface area contributed by atoms with E-state index in [1.165, 1.54) is 16.6 Å². The number of fused-ring (bicyclic) bond motifs is 5. The van der Waals surface area contributed by atoms with Crippen LogP contribution in [0.15, 0.2) is 24.3 Å². The largest absolute Gasteiger partial charge is 0.394 e. The predicted octanol–water partition coefficient (Wildman–Crippen LogP) is 1.75. The minimum absolute atomic E-state index is 0.0428. The molecule has 4 nitrogen and oxygen atoms in total. The van der Waals surface area contributed by atoms with Crippen LogP contribution in [-0.4, -0.2) is 33.5 Å². The van der Waals surface area contributed by atoms with Crippen LogP contribution in [0.5, 0.6) is 0 Å². The number of rotatable bonds is 1. The number of aliphatic hydroxyl groups is 1. The Bertz CT molecular complexity index is 661. The number of aliphatic hydroxyl groups excluding tert-OH is 1. The van der Waals surface area contributed by atoms with Crippen LogP contribution in [0.2, 0.25) is 0 Å². The molecule has 1 aromatic carbocycles. The minimum Gasteiger partial charge on any atom is -0.394 e. The van der Waals surface area contributed by atoms with Crippen molar-refractivity contribution in [2.24, 2.45) is 0 Å². The van der Waals surface area contributed by atoms with Crippen LogP contribution in [0.4, 0.5) is 0 Å². The predicted molar refractivity (Wildman–Crippen MR) is 71.7 cm³/mol. The van der Waals surface area contributed by atoms with Crippen molar-refractivity contribution < 1.29 is 9.90 Å². The van der Waals surface area contributed by atoms with E-state index in [4.69, 9.17) is 0 Å². The Labute approximate surface area is 111 Å². The molecule has 3 heterocycles. The van der Waals surface area contributed by atoms with Gasteiger partial charge >= 0.3 is 0 Å². The van der Waals surface area contributed by atoms with Crippen molar-refractivity contribution in [2.45, 2.75) is 31.3 Å². The van der Waals surface area contributed by atoms with Crippen LogP contribution >= 0.6 is 0 Å². The van der Waals surface area contributed by atoms with Crippen LogP contribution in [0.1, 0.15) is 30.1 Å². The molecule has 1 saturated heterocycles. The highest BCUT2D eigenvalue weighted by molar-refractivity contribution is 5.87. The van der Waals surface area contributed by atoms with Gasteiger partial charge in [0, 0.05) is 23.0 Å². The molecule has 0 bridgehead atoms. The number of hydrogen-bond acceptors (Lipinski definition) is 2. The van der Waals surface area contributed by atoms with Crippen LogP contribution in [-0.2, 0) is 11.2 Å². The Kier molecular flexibility index (Phi) is 2.23. The Morgan fingerprint density at radius 2 is 2.21 bits per heavy atom. The van der Waals surface area contributed by atoms with E-state index in [9.17, 15) is 9.90 Å². The molecular weight excluding hydrogens is 240 g/mol. The first kappa shape index (κ1) is 11.1. The van der Waals surface area contributed by atoms with Crippen molar-refractivity contribution in [1.82, 2.24) is 9.88 Å². The topological polar surface area (TPSA) is 56.3 Å². The van der Waals surface area contributed by atoms with Gasteiger partial charge in [-0.3, -0.25) is 4.79 Å². The minimum atomic E-state index is -0.0632. The summed E-state index contributed by atoms with van der Waals surface area (Å²) in [6, 6.07) is 8.31. The molecular formula is C15H16N2O2. The van der Waals surface area contributed by atoms with Gasteiger partial charge in [0.25, 0.3) is 0 Å². The van der Waals surface area contributed by atoms with Gasteiger partial charge in [0.05, 0.1) is 18.7 Å². The average molecular weight is 256 g/mol. The highest BCUT2D eigenvalue weighted by atomic mass is 16.3. The van der Waals surface area contributed by atoms with Gasteiger partial charge < -0.3 is 15.0 Å². The molecule has 1 fully saturated rings. The number of benzene rings is 1. The molecule has 0 aliphatic carbocycles. The molecule has 0 saturated carbocycles. The number of nitrogens with zero attached hydrogens (tertiary/aromatic N) is 1. The molecule has 1 aromatic heterocycles. The number of carbonyl (C=O) groups excluding carboxylic acids is 1. The highest BCUT2D eigenvalue weighted by Crippen LogP contribution is 2.42. The second-order valence-corrected chi connectivity index (χ2v) is 5.46. The molecule has 4 rings (SSSR count). The van der Waals surface area contributed by atoms with Gasteiger partial charge in [0.1, 0.15) is 0 Å². The molecule has 4 heteroatoms. The Hall–Kier alpha value is -1.81. The molecule has 2 aromatic rings. The van der Waals surface area contributed by atoms with Crippen molar-refractivity contribution in [3.05, 3.63) is 35.5 Å². The van der Waals surface area contributed by atoms with E-state index in [2.05, 4.69) is 17.1 Å². The Morgan fingerprint density at radius 1 is 1.37 bits per heavy atom. The zero-order valence-electron chi connectivity index (χ0n) is 10.6. The highest BCUT2D eigenvalue weighted by Gasteiger charge is 2.42. The molecule has 2 aliphatic heterocycles. The maximum absolute atomic E-state index is 12.0. The van der Waals surface area contributed by atoms with Gasteiger partial charge in [-0.05, 0) is 24.5 Å². The lowest BCUT2D eigenvalue weighted by Crippen LogP contribution is -2.45. The first-order valence-electron chi connectivity index (χ1n) is 6.81. The van der Waals surface area contributed by atoms with E-state index in [1.54, 1.807) is 0 Å². The Morgan fingerprint density at radius 3 is 3.05 bits per heavy atom. The summed E-state index contributed by atoms with van der Waals surface area (Å²) in [5, 5.41) is 10.8. The fraction of sp³-hybridized carbons (Fsp3) is 0.400. The number of para-hydroxylation sites is 1. The van der Waals surface area contributed by atoms with E-state index >= 15 is 0 Å². The lowest BCUT2D eigenvalue weighted by atomic mass is 9.93. The summed E-state index contributed by atoms with van der Waals surface area (Å²) in [6.45, 7) is 0.0428. The molecule has 1 amide bonds. The fourth-order valence-electron chi connectivity index (χ4n) is 3.66. The molecule has 0 radical (unpaired) electrons. The van der Waals surface area contributed by atoms with Gasteiger partial charge in [0.2, 0.25) is 5.91 Å². The maximum atomic E-state index is 12.0. The lowest BCUT2D eigenvalue weighted by Gasteiger charge is -2.36. The quantitative estimate of drug-likeness (QED) is 0.816. The summed E-state index contributed by atoms with van der Waals surface area (Å²) in [5.41, 5.74) is 3.59. The number of carbonyl (C=O) groups is 1. The zero-order valence-corrected chi connectivity index (χ0v) is 10.6. The van der Waals surface area contributed by atoms with E-state index in [0.717, 1.165) is 18.4 Å². The van der Waals surface area contributed by atoms with Gasteiger partial charge in [-0.1, -0.05) is 18.2 Å². The number of aromatic amines is 1. The third kappa shape index (κ3) is 1.40. The number of hydrogen-bond donors (Lipinski definition) is 2. The summed E-state index contributed by atoms with van der Waals surface area (Å²) in [5.74, 6) is 0.174.